The summed E-state index contributed by atoms with van der Waals surface area (Å²) in [4.78, 5) is 11.7. The largest absolute Gasteiger partial charge is 0.389 e. The van der Waals surface area contributed by atoms with E-state index in [4.69, 9.17) is 23.2 Å². The fraction of sp³-hybridized carbons (Fsp3) is 0.364. The molecular weight excluding hydrogens is 249 g/mol. The van der Waals surface area contributed by atoms with Gasteiger partial charge in [0.25, 0.3) is 5.91 Å². The van der Waals surface area contributed by atoms with Crippen molar-refractivity contribution in [2.45, 2.75) is 19.4 Å². The number of aliphatic hydroxyl groups is 1. The number of hydrogen-bond donors (Lipinski definition) is 2. The van der Waals surface area contributed by atoms with Gasteiger partial charge in [0.15, 0.2) is 0 Å². The van der Waals surface area contributed by atoms with Crippen molar-refractivity contribution in [2.75, 3.05) is 6.54 Å². The van der Waals surface area contributed by atoms with Gasteiger partial charge in [-0.15, -0.1) is 0 Å². The molecule has 0 saturated heterocycles. The second-order valence-corrected chi connectivity index (χ2v) is 4.88. The van der Waals surface area contributed by atoms with Gasteiger partial charge in [0, 0.05) is 6.54 Å². The summed E-state index contributed by atoms with van der Waals surface area (Å²) in [6.07, 6.45) is 0. The zero-order chi connectivity index (χ0) is 12.3. The zero-order valence-electron chi connectivity index (χ0n) is 9.05. The van der Waals surface area contributed by atoms with Crippen LogP contribution in [-0.2, 0) is 0 Å². The maximum absolute atomic E-state index is 11.7. The van der Waals surface area contributed by atoms with Crippen molar-refractivity contribution < 1.29 is 9.90 Å². The minimum atomic E-state index is -0.958. The molecule has 0 aromatic heterocycles. The monoisotopic (exact) mass is 261 g/mol. The van der Waals surface area contributed by atoms with E-state index in [2.05, 4.69) is 5.32 Å². The van der Waals surface area contributed by atoms with Crippen LogP contribution in [0.2, 0.25) is 10.0 Å². The second kappa shape index (κ2) is 5.04. The van der Waals surface area contributed by atoms with Crippen LogP contribution in [0.15, 0.2) is 18.2 Å². The molecule has 88 valence electrons. The van der Waals surface area contributed by atoms with Crippen molar-refractivity contribution in [3.05, 3.63) is 33.8 Å². The van der Waals surface area contributed by atoms with E-state index in [0.29, 0.717) is 10.6 Å². The molecule has 1 aromatic carbocycles. The molecule has 0 unspecified atom stereocenters. The smallest absolute Gasteiger partial charge is 0.252 e. The van der Waals surface area contributed by atoms with E-state index in [9.17, 15) is 9.90 Å². The van der Waals surface area contributed by atoms with Crippen LogP contribution in [0.5, 0.6) is 0 Å². The molecule has 1 aromatic rings. The molecule has 0 heterocycles. The van der Waals surface area contributed by atoms with E-state index < -0.39 is 5.60 Å². The van der Waals surface area contributed by atoms with Crippen molar-refractivity contribution in [1.82, 2.24) is 5.32 Å². The minimum Gasteiger partial charge on any atom is -0.389 e. The lowest BCUT2D eigenvalue weighted by molar-refractivity contribution is 0.0694. The predicted octanol–water partition coefficient (Wildman–Crippen LogP) is 2.49. The summed E-state index contributed by atoms with van der Waals surface area (Å²) < 4.78 is 0. The van der Waals surface area contributed by atoms with Gasteiger partial charge in [0.2, 0.25) is 0 Å². The maximum atomic E-state index is 11.7. The number of rotatable bonds is 3. The standard InChI is InChI=1S/C11H13Cl2NO2/c1-11(2,16)6-14-10(15)7-4-3-5-8(12)9(7)13/h3-5,16H,6H2,1-2H3,(H,14,15). The van der Waals surface area contributed by atoms with E-state index in [1.54, 1.807) is 32.0 Å². The van der Waals surface area contributed by atoms with Crippen LogP contribution in [0.25, 0.3) is 0 Å². The average Bonchev–Trinajstić information content (AvgIpc) is 2.17. The molecule has 0 atom stereocenters. The topological polar surface area (TPSA) is 49.3 Å². The highest BCUT2D eigenvalue weighted by Gasteiger charge is 2.17. The number of nitrogens with one attached hydrogen (secondary N) is 1. The molecule has 0 fully saturated rings. The highest BCUT2D eigenvalue weighted by molar-refractivity contribution is 6.43. The fourth-order valence-corrected chi connectivity index (χ4v) is 1.46. The Labute approximate surface area is 104 Å². The lowest BCUT2D eigenvalue weighted by Crippen LogP contribution is -2.38. The molecule has 1 amide bonds. The fourth-order valence-electron chi connectivity index (χ4n) is 1.07. The van der Waals surface area contributed by atoms with Crippen LogP contribution in [0.1, 0.15) is 24.2 Å². The average molecular weight is 262 g/mol. The third-order valence-corrected chi connectivity index (χ3v) is 2.70. The molecule has 0 spiro atoms. The number of benzene rings is 1. The second-order valence-electron chi connectivity index (χ2n) is 4.10. The Morgan fingerprint density at radius 2 is 2.06 bits per heavy atom. The minimum absolute atomic E-state index is 0.147. The van der Waals surface area contributed by atoms with Crippen LogP contribution in [0.3, 0.4) is 0 Å². The van der Waals surface area contributed by atoms with Crippen LogP contribution >= 0.6 is 23.2 Å². The van der Waals surface area contributed by atoms with Crippen LogP contribution in [0.4, 0.5) is 0 Å². The lowest BCUT2D eigenvalue weighted by atomic mass is 10.1. The third kappa shape index (κ3) is 3.67. The molecule has 0 aliphatic rings. The summed E-state index contributed by atoms with van der Waals surface area (Å²) in [6.45, 7) is 3.36. The third-order valence-electron chi connectivity index (χ3n) is 1.88. The first-order valence-electron chi connectivity index (χ1n) is 4.76. The number of hydrogen-bond acceptors (Lipinski definition) is 2. The number of carbonyl (C=O) groups excluding carboxylic acids is 1. The van der Waals surface area contributed by atoms with Crippen LogP contribution < -0.4 is 5.32 Å². The van der Waals surface area contributed by atoms with Crippen molar-refractivity contribution in [2.24, 2.45) is 0 Å². The first-order valence-corrected chi connectivity index (χ1v) is 5.51. The molecule has 3 nitrogen and oxygen atoms in total. The van der Waals surface area contributed by atoms with E-state index in [0.717, 1.165) is 0 Å². The van der Waals surface area contributed by atoms with E-state index in [-0.39, 0.29) is 17.5 Å². The van der Waals surface area contributed by atoms with Gasteiger partial charge in [-0.25, -0.2) is 0 Å². The molecule has 1 rings (SSSR count). The Hall–Kier alpha value is -0.770. The van der Waals surface area contributed by atoms with Gasteiger partial charge >= 0.3 is 0 Å². The Morgan fingerprint density at radius 3 is 2.62 bits per heavy atom. The lowest BCUT2D eigenvalue weighted by Gasteiger charge is -2.17. The molecule has 0 aliphatic heterocycles. The summed E-state index contributed by atoms with van der Waals surface area (Å²) in [5, 5.41) is 12.6. The van der Waals surface area contributed by atoms with Crippen molar-refractivity contribution >= 4 is 29.1 Å². The van der Waals surface area contributed by atoms with Gasteiger partial charge in [-0.2, -0.15) is 0 Å². The Morgan fingerprint density at radius 1 is 1.44 bits per heavy atom. The Kier molecular flexibility index (Phi) is 4.19. The molecule has 16 heavy (non-hydrogen) atoms. The van der Waals surface area contributed by atoms with Crippen LogP contribution in [0, 0.1) is 0 Å². The van der Waals surface area contributed by atoms with Crippen molar-refractivity contribution in [3.63, 3.8) is 0 Å². The molecule has 0 saturated carbocycles. The number of amides is 1. The summed E-state index contributed by atoms with van der Waals surface area (Å²) in [7, 11) is 0. The van der Waals surface area contributed by atoms with Crippen molar-refractivity contribution in [3.8, 4) is 0 Å². The Bertz CT molecular complexity index is 399. The van der Waals surface area contributed by atoms with E-state index in [1.165, 1.54) is 0 Å². The van der Waals surface area contributed by atoms with Crippen LogP contribution in [-0.4, -0.2) is 23.2 Å². The van der Waals surface area contributed by atoms with Gasteiger partial charge < -0.3 is 10.4 Å². The summed E-state index contributed by atoms with van der Waals surface area (Å²) in [5.74, 6) is -0.352. The van der Waals surface area contributed by atoms with Gasteiger partial charge in [0.05, 0.1) is 21.2 Å². The predicted molar refractivity (Wildman–Crippen MR) is 65.1 cm³/mol. The first-order chi connectivity index (χ1) is 7.31. The number of halogens is 2. The molecule has 0 bridgehead atoms. The summed E-state index contributed by atoms with van der Waals surface area (Å²) in [6, 6.07) is 4.83. The SMILES string of the molecule is CC(C)(O)CNC(=O)c1cccc(Cl)c1Cl. The Balaban J connectivity index is 2.78. The maximum Gasteiger partial charge on any atom is 0.252 e. The van der Waals surface area contributed by atoms with E-state index in [1.807, 2.05) is 0 Å². The number of carbonyl (C=O) groups is 1. The molecule has 0 aliphatic carbocycles. The molecule has 5 heteroatoms. The normalized spacial score (nSPS) is 11.3. The highest BCUT2D eigenvalue weighted by Crippen LogP contribution is 2.25. The quantitative estimate of drug-likeness (QED) is 0.879. The van der Waals surface area contributed by atoms with Gasteiger partial charge in [-0.05, 0) is 26.0 Å². The zero-order valence-corrected chi connectivity index (χ0v) is 10.6. The molecule has 2 N–H and O–H groups in total. The molecular formula is C11H13Cl2NO2. The summed E-state index contributed by atoms with van der Waals surface area (Å²) >= 11 is 11.7. The van der Waals surface area contributed by atoms with Gasteiger partial charge in [-0.1, -0.05) is 29.3 Å². The van der Waals surface area contributed by atoms with Gasteiger partial charge in [0.1, 0.15) is 0 Å². The van der Waals surface area contributed by atoms with Gasteiger partial charge in [-0.3, -0.25) is 4.79 Å². The molecule has 0 radical (unpaired) electrons. The van der Waals surface area contributed by atoms with Crippen molar-refractivity contribution in [1.29, 1.82) is 0 Å². The van der Waals surface area contributed by atoms with E-state index >= 15 is 0 Å². The highest BCUT2D eigenvalue weighted by atomic mass is 35.5. The summed E-state index contributed by atoms with van der Waals surface area (Å²) in [5.41, 5.74) is -0.654. The first kappa shape index (κ1) is 13.3.